The first-order valence-electron chi connectivity index (χ1n) is 5.23. The number of rotatable bonds is 3. The molecule has 0 radical (unpaired) electrons. The molecule has 3 nitrogen and oxygen atoms in total. The summed E-state index contributed by atoms with van der Waals surface area (Å²) in [4.78, 5) is 8.10. The molecule has 14 heavy (non-hydrogen) atoms. The zero-order valence-corrected chi connectivity index (χ0v) is 8.43. The van der Waals surface area contributed by atoms with Gasteiger partial charge in [-0.25, -0.2) is 0 Å². The molecule has 0 aliphatic heterocycles. The van der Waals surface area contributed by atoms with Crippen LogP contribution in [0, 0.1) is 11.8 Å². The van der Waals surface area contributed by atoms with Gasteiger partial charge in [0.1, 0.15) is 6.10 Å². The van der Waals surface area contributed by atoms with Gasteiger partial charge in [-0.1, -0.05) is 26.2 Å². The molecule has 0 saturated heterocycles. The lowest BCUT2D eigenvalue weighted by molar-refractivity contribution is 0.0502. The molecule has 1 aromatic heterocycles. The molecule has 76 valence electrons. The minimum absolute atomic E-state index is 0.306. The predicted molar refractivity (Wildman–Crippen MR) is 53.5 cm³/mol. The zero-order valence-electron chi connectivity index (χ0n) is 8.43. The number of aromatic nitrogens is 2. The fourth-order valence-corrected chi connectivity index (χ4v) is 1.96. The molecule has 1 aliphatic carbocycles. The molecule has 2 unspecified atom stereocenters. The van der Waals surface area contributed by atoms with Crippen molar-refractivity contribution in [3.8, 4) is 0 Å². The maximum atomic E-state index is 10.0. The third-order valence-corrected chi connectivity index (χ3v) is 3.28. The molecule has 1 saturated carbocycles. The molecule has 1 heterocycles. The van der Waals surface area contributed by atoms with E-state index in [-0.39, 0.29) is 0 Å². The van der Waals surface area contributed by atoms with E-state index < -0.39 is 6.10 Å². The molecule has 2 atom stereocenters. The van der Waals surface area contributed by atoms with Crippen LogP contribution in [0.1, 0.15) is 38.0 Å². The first-order valence-corrected chi connectivity index (χ1v) is 5.23. The van der Waals surface area contributed by atoms with Gasteiger partial charge in [0.15, 0.2) is 0 Å². The maximum Gasteiger partial charge on any atom is 0.100 e. The van der Waals surface area contributed by atoms with Gasteiger partial charge in [-0.05, 0) is 11.8 Å². The molecule has 0 bridgehead atoms. The summed E-state index contributed by atoms with van der Waals surface area (Å²) in [6, 6.07) is 0. The first-order chi connectivity index (χ1) is 6.79. The Bertz CT molecular complexity index is 285. The van der Waals surface area contributed by atoms with Gasteiger partial charge in [-0.2, -0.15) is 0 Å². The second kappa shape index (κ2) is 4.05. The van der Waals surface area contributed by atoms with Crippen molar-refractivity contribution >= 4 is 0 Å². The SMILES string of the molecule is CC(C1CCC1)C(O)c1cnccn1. The summed E-state index contributed by atoms with van der Waals surface area (Å²) in [7, 11) is 0. The molecule has 1 aromatic rings. The van der Waals surface area contributed by atoms with Crippen LogP contribution in [0.2, 0.25) is 0 Å². The number of aliphatic hydroxyl groups is 1. The lowest BCUT2D eigenvalue weighted by Crippen LogP contribution is -2.25. The molecule has 1 fully saturated rings. The topological polar surface area (TPSA) is 46.0 Å². The Labute approximate surface area is 84.2 Å². The van der Waals surface area contributed by atoms with E-state index >= 15 is 0 Å². The van der Waals surface area contributed by atoms with Crippen molar-refractivity contribution < 1.29 is 5.11 Å². The van der Waals surface area contributed by atoms with Crippen LogP contribution in [0.5, 0.6) is 0 Å². The highest BCUT2D eigenvalue weighted by molar-refractivity contribution is 5.01. The monoisotopic (exact) mass is 192 g/mol. The van der Waals surface area contributed by atoms with Crippen molar-refractivity contribution in [2.45, 2.75) is 32.3 Å². The third-order valence-electron chi connectivity index (χ3n) is 3.28. The summed E-state index contributed by atoms with van der Waals surface area (Å²) < 4.78 is 0. The standard InChI is InChI=1S/C11H16N2O/c1-8(9-3-2-4-9)11(14)10-7-12-5-6-13-10/h5-9,11,14H,2-4H2,1H3. The largest absolute Gasteiger partial charge is 0.386 e. The number of hydrogen-bond acceptors (Lipinski definition) is 3. The van der Waals surface area contributed by atoms with E-state index in [0.717, 1.165) is 0 Å². The Balaban J connectivity index is 2.03. The highest BCUT2D eigenvalue weighted by atomic mass is 16.3. The van der Waals surface area contributed by atoms with Crippen LogP contribution >= 0.6 is 0 Å². The van der Waals surface area contributed by atoms with E-state index in [4.69, 9.17) is 0 Å². The highest BCUT2D eigenvalue weighted by Crippen LogP contribution is 2.38. The van der Waals surface area contributed by atoms with E-state index in [0.29, 0.717) is 17.5 Å². The minimum Gasteiger partial charge on any atom is -0.386 e. The van der Waals surface area contributed by atoms with Crippen LogP contribution in [-0.2, 0) is 0 Å². The highest BCUT2D eigenvalue weighted by Gasteiger charge is 2.30. The number of nitrogens with zero attached hydrogens (tertiary/aromatic N) is 2. The normalized spacial score (nSPS) is 21.3. The van der Waals surface area contributed by atoms with E-state index in [1.165, 1.54) is 19.3 Å². The van der Waals surface area contributed by atoms with Gasteiger partial charge < -0.3 is 5.11 Å². The summed E-state index contributed by atoms with van der Waals surface area (Å²) in [6.45, 7) is 2.10. The van der Waals surface area contributed by atoms with Crippen LogP contribution in [0.4, 0.5) is 0 Å². The van der Waals surface area contributed by atoms with Gasteiger partial charge in [-0.3, -0.25) is 9.97 Å². The van der Waals surface area contributed by atoms with Crippen molar-refractivity contribution in [3.63, 3.8) is 0 Å². The molecule has 2 rings (SSSR count). The average Bonchev–Trinajstić information content (AvgIpc) is 2.15. The van der Waals surface area contributed by atoms with Crippen LogP contribution in [0.25, 0.3) is 0 Å². The molecule has 1 N–H and O–H groups in total. The molecule has 1 aliphatic rings. The van der Waals surface area contributed by atoms with Gasteiger partial charge in [0, 0.05) is 12.4 Å². The summed E-state index contributed by atoms with van der Waals surface area (Å²) in [5.41, 5.74) is 0.701. The van der Waals surface area contributed by atoms with Gasteiger partial charge in [0.25, 0.3) is 0 Å². The van der Waals surface area contributed by atoms with Crippen molar-refractivity contribution in [1.29, 1.82) is 0 Å². The molecule has 0 aromatic carbocycles. The van der Waals surface area contributed by atoms with Crippen molar-refractivity contribution in [2.75, 3.05) is 0 Å². The van der Waals surface area contributed by atoms with E-state index in [2.05, 4.69) is 16.9 Å². The number of hydrogen-bond donors (Lipinski definition) is 1. The van der Waals surface area contributed by atoms with Gasteiger partial charge >= 0.3 is 0 Å². The zero-order chi connectivity index (χ0) is 9.97. The summed E-state index contributed by atoms with van der Waals surface area (Å²) in [6.07, 6.45) is 8.27. The van der Waals surface area contributed by atoms with Crippen LogP contribution in [0.3, 0.4) is 0 Å². The lowest BCUT2D eigenvalue weighted by Gasteiger charge is -2.33. The second-order valence-corrected chi connectivity index (χ2v) is 4.13. The van der Waals surface area contributed by atoms with Gasteiger partial charge in [-0.15, -0.1) is 0 Å². The van der Waals surface area contributed by atoms with Gasteiger partial charge in [0.2, 0.25) is 0 Å². The summed E-state index contributed by atoms with van der Waals surface area (Å²) in [5.74, 6) is 0.979. The van der Waals surface area contributed by atoms with E-state index in [1.54, 1.807) is 18.6 Å². The Morgan fingerprint density at radius 2 is 2.21 bits per heavy atom. The Kier molecular flexibility index (Phi) is 2.77. The van der Waals surface area contributed by atoms with Crippen LogP contribution in [0.15, 0.2) is 18.6 Å². The fourth-order valence-electron chi connectivity index (χ4n) is 1.96. The van der Waals surface area contributed by atoms with Gasteiger partial charge in [0.05, 0.1) is 11.9 Å². The summed E-state index contributed by atoms with van der Waals surface area (Å²) in [5, 5.41) is 10.0. The maximum absolute atomic E-state index is 10.0. The Hall–Kier alpha value is -0.960. The smallest absolute Gasteiger partial charge is 0.100 e. The quantitative estimate of drug-likeness (QED) is 0.796. The Morgan fingerprint density at radius 1 is 1.43 bits per heavy atom. The van der Waals surface area contributed by atoms with Crippen LogP contribution in [-0.4, -0.2) is 15.1 Å². The van der Waals surface area contributed by atoms with Crippen molar-refractivity contribution in [3.05, 3.63) is 24.3 Å². The second-order valence-electron chi connectivity index (χ2n) is 4.13. The van der Waals surface area contributed by atoms with E-state index in [9.17, 15) is 5.11 Å². The molecular weight excluding hydrogens is 176 g/mol. The average molecular weight is 192 g/mol. The lowest BCUT2D eigenvalue weighted by atomic mass is 9.74. The van der Waals surface area contributed by atoms with Crippen LogP contribution < -0.4 is 0 Å². The molecule has 0 spiro atoms. The third kappa shape index (κ3) is 1.77. The fraction of sp³-hybridized carbons (Fsp3) is 0.636. The molecule has 3 heteroatoms. The molecular formula is C11H16N2O. The number of aliphatic hydroxyl groups excluding tert-OH is 1. The minimum atomic E-state index is -0.450. The van der Waals surface area contributed by atoms with Crippen molar-refractivity contribution in [1.82, 2.24) is 9.97 Å². The first kappa shape index (κ1) is 9.59. The molecule has 0 amide bonds. The van der Waals surface area contributed by atoms with Crippen molar-refractivity contribution in [2.24, 2.45) is 11.8 Å². The Morgan fingerprint density at radius 3 is 2.71 bits per heavy atom. The summed E-state index contributed by atoms with van der Waals surface area (Å²) >= 11 is 0. The predicted octanol–water partition coefficient (Wildman–Crippen LogP) is 1.95. The van der Waals surface area contributed by atoms with E-state index in [1.807, 2.05) is 0 Å².